The molecular weight excluding hydrogens is 204 g/mol. The number of hydrogen-bond acceptors (Lipinski definition) is 2. The first-order valence-electron chi connectivity index (χ1n) is 4.19. The van der Waals surface area contributed by atoms with Crippen molar-refractivity contribution in [1.82, 2.24) is 0 Å². The molecule has 0 bridgehead atoms. The van der Waals surface area contributed by atoms with Gasteiger partial charge < -0.3 is 5.11 Å². The predicted molar refractivity (Wildman–Crippen MR) is 59.3 cm³/mol. The molecule has 0 saturated carbocycles. The minimum absolute atomic E-state index is 0.227. The van der Waals surface area contributed by atoms with Crippen LogP contribution in [-0.4, -0.2) is 17.0 Å². The Morgan fingerprint density at radius 2 is 2.31 bits per heavy atom. The van der Waals surface area contributed by atoms with Crippen LogP contribution in [0.1, 0.15) is 12.5 Å². The summed E-state index contributed by atoms with van der Waals surface area (Å²) in [7, 11) is 0. The Morgan fingerprint density at radius 1 is 1.54 bits per heavy atom. The Labute approximate surface area is 88.1 Å². The first-order chi connectivity index (χ1) is 6.22. The Kier molecular flexibility index (Phi) is 4.64. The molecule has 72 valence electrons. The summed E-state index contributed by atoms with van der Waals surface area (Å²) in [5, 5.41) is 9.88. The lowest BCUT2D eigenvalue weighted by atomic mass is 10.2. The summed E-state index contributed by atoms with van der Waals surface area (Å²) in [5.41, 5.74) is 1.21. The first-order valence-corrected chi connectivity index (χ1v) is 5.62. The van der Waals surface area contributed by atoms with Gasteiger partial charge in [-0.25, -0.2) is 0 Å². The van der Waals surface area contributed by atoms with E-state index in [1.807, 2.05) is 31.2 Å². The standard InChI is InChI=1S/C10H13ClOS/c1-8(6-12)13-7-9-3-2-4-10(11)5-9/h2-5,8,12H,6-7H2,1H3. The van der Waals surface area contributed by atoms with Crippen LogP contribution in [0.3, 0.4) is 0 Å². The van der Waals surface area contributed by atoms with Gasteiger partial charge in [-0.1, -0.05) is 30.7 Å². The summed E-state index contributed by atoms with van der Waals surface area (Å²) in [4.78, 5) is 0. The van der Waals surface area contributed by atoms with E-state index in [0.717, 1.165) is 10.8 Å². The fourth-order valence-electron chi connectivity index (χ4n) is 0.918. The van der Waals surface area contributed by atoms with E-state index in [1.165, 1.54) is 5.56 Å². The average molecular weight is 217 g/mol. The Bertz CT molecular complexity index is 265. The zero-order chi connectivity index (χ0) is 9.68. The van der Waals surface area contributed by atoms with Gasteiger partial charge in [0.1, 0.15) is 0 Å². The summed E-state index contributed by atoms with van der Waals surface area (Å²) in [6, 6.07) is 7.81. The number of aliphatic hydroxyl groups is 1. The molecule has 3 heteroatoms. The maximum absolute atomic E-state index is 8.82. The van der Waals surface area contributed by atoms with E-state index < -0.39 is 0 Å². The van der Waals surface area contributed by atoms with Gasteiger partial charge in [0.15, 0.2) is 0 Å². The average Bonchev–Trinajstić information content (AvgIpc) is 2.14. The molecule has 0 fully saturated rings. The molecule has 0 aliphatic carbocycles. The zero-order valence-corrected chi connectivity index (χ0v) is 9.11. The summed E-state index contributed by atoms with van der Waals surface area (Å²) in [6.07, 6.45) is 0. The van der Waals surface area contributed by atoms with E-state index >= 15 is 0 Å². The van der Waals surface area contributed by atoms with Crippen LogP contribution in [0.4, 0.5) is 0 Å². The van der Waals surface area contributed by atoms with E-state index in [9.17, 15) is 0 Å². The highest BCUT2D eigenvalue weighted by Gasteiger charge is 2.00. The molecule has 0 radical (unpaired) electrons. The van der Waals surface area contributed by atoms with Crippen molar-refractivity contribution >= 4 is 23.4 Å². The molecule has 13 heavy (non-hydrogen) atoms. The number of rotatable bonds is 4. The zero-order valence-electron chi connectivity index (χ0n) is 7.53. The largest absolute Gasteiger partial charge is 0.395 e. The molecule has 0 aromatic heterocycles. The van der Waals surface area contributed by atoms with Gasteiger partial charge in [0.2, 0.25) is 0 Å². The Morgan fingerprint density at radius 3 is 2.92 bits per heavy atom. The fraction of sp³-hybridized carbons (Fsp3) is 0.400. The van der Waals surface area contributed by atoms with Crippen LogP contribution in [0, 0.1) is 0 Å². The second kappa shape index (κ2) is 5.53. The molecule has 1 rings (SSSR count). The first kappa shape index (κ1) is 10.9. The van der Waals surface area contributed by atoms with Gasteiger partial charge in [-0.05, 0) is 17.7 Å². The van der Waals surface area contributed by atoms with Crippen LogP contribution in [0.15, 0.2) is 24.3 Å². The molecule has 1 atom stereocenters. The van der Waals surface area contributed by atoms with Gasteiger partial charge in [0.05, 0.1) is 6.61 Å². The van der Waals surface area contributed by atoms with Crippen LogP contribution >= 0.6 is 23.4 Å². The van der Waals surface area contributed by atoms with Crippen molar-refractivity contribution in [2.24, 2.45) is 0 Å². The number of hydrogen-bond donors (Lipinski definition) is 1. The van der Waals surface area contributed by atoms with E-state index in [-0.39, 0.29) is 6.61 Å². The van der Waals surface area contributed by atoms with Gasteiger partial charge in [0, 0.05) is 16.0 Å². The molecule has 0 spiro atoms. The number of benzene rings is 1. The van der Waals surface area contributed by atoms with Crippen LogP contribution in [0.2, 0.25) is 5.02 Å². The lowest BCUT2D eigenvalue weighted by molar-refractivity contribution is 0.300. The molecular formula is C10H13ClOS. The van der Waals surface area contributed by atoms with Crippen molar-refractivity contribution in [2.45, 2.75) is 17.9 Å². The molecule has 1 aromatic rings. The topological polar surface area (TPSA) is 20.2 Å². The lowest BCUT2D eigenvalue weighted by Crippen LogP contribution is -2.02. The molecule has 0 amide bonds. The quantitative estimate of drug-likeness (QED) is 0.835. The van der Waals surface area contributed by atoms with Crippen LogP contribution in [0.25, 0.3) is 0 Å². The van der Waals surface area contributed by atoms with E-state index in [4.69, 9.17) is 16.7 Å². The normalized spacial score (nSPS) is 12.8. The number of aliphatic hydroxyl groups excluding tert-OH is 1. The third kappa shape index (κ3) is 4.03. The van der Waals surface area contributed by atoms with Gasteiger partial charge in [-0.3, -0.25) is 0 Å². The third-order valence-electron chi connectivity index (χ3n) is 1.68. The fourth-order valence-corrected chi connectivity index (χ4v) is 1.89. The monoisotopic (exact) mass is 216 g/mol. The second-order valence-corrected chi connectivity index (χ2v) is 4.80. The van der Waals surface area contributed by atoms with Gasteiger partial charge >= 0.3 is 0 Å². The van der Waals surface area contributed by atoms with E-state index in [1.54, 1.807) is 11.8 Å². The highest BCUT2D eigenvalue weighted by atomic mass is 35.5. The molecule has 1 unspecified atom stereocenters. The van der Waals surface area contributed by atoms with E-state index in [2.05, 4.69) is 0 Å². The number of thioether (sulfide) groups is 1. The van der Waals surface area contributed by atoms with Crippen molar-refractivity contribution in [3.05, 3.63) is 34.9 Å². The van der Waals surface area contributed by atoms with Gasteiger partial charge in [-0.15, -0.1) is 0 Å². The molecule has 1 aromatic carbocycles. The lowest BCUT2D eigenvalue weighted by Gasteiger charge is -2.07. The van der Waals surface area contributed by atoms with Gasteiger partial charge in [-0.2, -0.15) is 11.8 Å². The molecule has 1 nitrogen and oxygen atoms in total. The molecule has 0 heterocycles. The van der Waals surface area contributed by atoms with Crippen LogP contribution < -0.4 is 0 Å². The Hall–Kier alpha value is -0.180. The summed E-state index contributed by atoms with van der Waals surface area (Å²) >= 11 is 7.56. The van der Waals surface area contributed by atoms with Crippen molar-refractivity contribution in [3.63, 3.8) is 0 Å². The van der Waals surface area contributed by atoms with Crippen molar-refractivity contribution in [3.8, 4) is 0 Å². The predicted octanol–water partition coefficient (Wildman–Crippen LogP) is 2.95. The van der Waals surface area contributed by atoms with E-state index in [0.29, 0.717) is 5.25 Å². The highest BCUT2D eigenvalue weighted by molar-refractivity contribution is 7.99. The van der Waals surface area contributed by atoms with Crippen LogP contribution in [0.5, 0.6) is 0 Å². The summed E-state index contributed by atoms with van der Waals surface area (Å²) < 4.78 is 0. The molecule has 0 aliphatic heterocycles. The van der Waals surface area contributed by atoms with Crippen molar-refractivity contribution < 1.29 is 5.11 Å². The van der Waals surface area contributed by atoms with Gasteiger partial charge in [0.25, 0.3) is 0 Å². The minimum atomic E-state index is 0.227. The Balaban J connectivity index is 2.45. The smallest absolute Gasteiger partial charge is 0.0547 e. The second-order valence-electron chi connectivity index (χ2n) is 2.93. The third-order valence-corrected chi connectivity index (χ3v) is 3.13. The van der Waals surface area contributed by atoms with Crippen molar-refractivity contribution in [1.29, 1.82) is 0 Å². The van der Waals surface area contributed by atoms with Crippen molar-refractivity contribution in [2.75, 3.05) is 6.61 Å². The highest BCUT2D eigenvalue weighted by Crippen LogP contribution is 2.19. The minimum Gasteiger partial charge on any atom is -0.395 e. The summed E-state index contributed by atoms with van der Waals surface area (Å²) in [5.74, 6) is 0.905. The van der Waals surface area contributed by atoms with Crippen LogP contribution in [-0.2, 0) is 5.75 Å². The number of halogens is 1. The molecule has 0 saturated heterocycles. The summed E-state index contributed by atoms with van der Waals surface area (Å²) in [6.45, 7) is 2.24. The maximum Gasteiger partial charge on any atom is 0.0547 e. The SMILES string of the molecule is CC(CO)SCc1cccc(Cl)c1. The maximum atomic E-state index is 8.82. The molecule has 0 aliphatic rings. The molecule has 1 N–H and O–H groups in total.